The summed E-state index contributed by atoms with van der Waals surface area (Å²) in [4.78, 5) is 0. The molecule has 0 heterocycles. The van der Waals surface area contributed by atoms with Crippen LogP contribution in [0.15, 0.2) is 35.9 Å². The molecular formula is C23H21Cl2F6Zr. The number of halogens is 8. The van der Waals surface area contributed by atoms with Crippen LogP contribution in [0.25, 0.3) is 17.2 Å². The van der Waals surface area contributed by atoms with Crippen LogP contribution in [0.2, 0.25) is 0 Å². The van der Waals surface area contributed by atoms with E-state index in [-0.39, 0.29) is 15.3 Å². The van der Waals surface area contributed by atoms with Crippen LogP contribution in [-0.4, -0.2) is 0 Å². The molecule has 1 aliphatic rings. The van der Waals surface area contributed by atoms with Crippen LogP contribution in [0.1, 0.15) is 65.6 Å². The molecule has 2 aromatic rings. The molecule has 0 saturated heterocycles. The Balaban J connectivity index is 2.44. The van der Waals surface area contributed by atoms with E-state index in [2.05, 4.69) is 0 Å². The second-order valence-electron chi connectivity index (χ2n) is 8.83. The monoisotopic (exact) mass is 571 g/mol. The molecule has 0 N–H and O–H groups in total. The Morgan fingerprint density at radius 1 is 0.875 bits per heavy atom. The first kappa shape index (κ1) is 25.8. The van der Waals surface area contributed by atoms with Crippen molar-refractivity contribution in [3.63, 3.8) is 0 Å². The third-order valence-corrected chi connectivity index (χ3v) is 10.9. The molecule has 0 aliphatic heterocycles. The molecule has 1 aliphatic carbocycles. The normalized spacial score (nSPS) is 16.8. The summed E-state index contributed by atoms with van der Waals surface area (Å²) >= 11 is -2.87. The fraction of sp³-hybridized carbons (Fsp3) is 0.391. The molecule has 0 aromatic heterocycles. The molecule has 0 spiro atoms. The minimum absolute atomic E-state index is 0.115. The molecule has 173 valence electrons. The Bertz CT molecular complexity index is 1030. The molecule has 1 atom stereocenters. The standard InChI is InChI=1S/C23H21F6.2ClH.Zr/c1-5-13-8-14-6-7-19(21(2,3)4)20(18(14)9-13)15-10-16(22(24,25)26)12-17(11-15)23(27,28)29;;;/h6-12H,5H2,1-4H3;2*1H;/q;;;+2/p-2. The quantitative estimate of drug-likeness (QED) is 0.321. The van der Waals surface area contributed by atoms with Crippen LogP contribution in [0.3, 0.4) is 0 Å². The van der Waals surface area contributed by atoms with Crippen LogP contribution < -0.4 is 0 Å². The van der Waals surface area contributed by atoms with E-state index in [1.807, 2.05) is 39.8 Å². The van der Waals surface area contributed by atoms with E-state index in [9.17, 15) is 26.3 Å². The first-order valence-electron chi connectivity index (χ1n) is 9.91. The van der Waals surface area contributed by atoms with Crippen LogP contribution in [0.5, 0.6) is 0 Å². The first-order chi connectivity index (χ1) is 14.6. The maximum absolute atomic E-state index is 13.5. The Labute approximate surface area is 198 Å². The fourth-order valence-corrected chi connectivity index (χ4v) is 9.75. The summed E-state index contributed by atoms with van der Waals surface area (Å²) in [5, 5.41) is 0. The van der Waals surface area contributed by atoms with E-state index in [4.69, 9.17) is 17.0 Å². The number of hydrogen-bond acceptors (Lipinski definition) is 0. The molecule has 32 heavy (non-hydrogen) atoms. The Morgan fingerprint density at radius 2 is 1.41 bits per heavy atom. The van der Waals surface area contributed by atoms with Crippen LogP contribution in [-0.2, 0) is 37.1 Å². The van der Waals surface area contributed by atoms with Crippen molar-refractivity contribution in [3.05, 3.63) is 63.7 Å². The van der Waals surface area contributed by atoms with E-state index >= 15 is 0 Å². The van der Waals surface area contributed by atoms with Crippen LogP contribution >= 0.6 is 17.0 Å². The van der Waals surface area contributed by atoms with Crippen LogP contribution in [0.4, 0.5) is 26.3 Å². The van der Waals surface area contributed by atoms with Gasteiger partial charge in [0.05, 0.1) is 0 Å². The minimum atomic E-state index is -4.92. The summed E-state index contributed by atoms with van der Waals surface area (Å²) < 4.78 is 81.1. The van der Waals surface area contributed by atoms with Crippen molar-refractivity contribution in [1.82, 2.24) is 0 Å². The molecule has 9 heteroatoms. The Kier molecular flexibility index (Phi) is 7.09. The number of fused-ring (bicyclic) bond motifs is 1. The number of alkyl halides is 6. The van der Waals surface area contributed by atoms with E-state index in [1.165, 1.54) is 0 Å². The van der Waals surface area contributed by atoms with Crippen molar-refractivity contribution < 1.29 is 45.7 Å². The van der Waals surface area contributed by atoms with Gasteiger partial charge in [-0.2, -0.15) is 0 Å². The van der Waals surface area contributed by atoms with Gasteiger partial charge in [-0.1, -0.05) is 0 Å². The zero-order valence-electron chi connectivity index (χ0n) is 17.8. The molecule has 0 bridgehead atoms. The molecule has 2 aromatic carbocycles. The van der Waals surface area contributed by atoms with Gasteiger partial charge in [0.25, 0.3) is 0 Å². The van der Waals surface area contributed by atoms with Gasteiger partial charge in [0.1, 0.15) is 0 Å². The molecule has 0 fully saturated rings. The molecule has 0 amide bonds. The van der Waals surface area contributed by atoms with Crippen molar-refractivity contribution in [2.45, 2.75) is 55.5 Å². The molecular weight excluding hydrogens is 552 g/mol. The average molecular weight is 574 g/mol. The van der Waals surface area contributed by atoms with Gasteiger partial charge in [-0.15, -0.1) is 0 Å². The molecule has 1 unspecified atom stereocenters. The van der Waals surface area contributed by atoms with E-state index in [0.717, 1.165) is 23.3 Å². The summed E-state index contributed by atoms with van der Waals surface area (Å²) in [6.45, 7) is 7.55. The summed E-state index contributed by atoms with van der Waals surface area (Å²) in [7, 11) is 12.8. The second kappa shape index (κ2) is 8.78. The summed E-state index contributed by atoms with van der Waals surface area (Å²) in [6, 6.07) is 5.40. The first-order valence-corrected chi connectivity index (χ1v) is 17.7. The average Bonchev–Trinajstić information content (AvgIpc) is 3.03. The van der Waals surface area contributed by atoms with Gasteiger partial charge in [-0.3, -0.25) is 0 Å². The number of benzene rings is 2. The van der Waals surface area contributed by atoms with Gasteiger partial charge in [-0.25, -0.2) is 0 Å². The zero-order valence-corrected chi connectivity index (χ0v) is 21.7. The van der Waals surface area contributed by atoms with E-state index in [0.29, 0.717) is 23.1 Å². The zero-order chi connectivity index (χ0) is 24.2. The third kappa shape index (κ3) is 5.00. The topological polar surface area (TPSA) is 0 Å². The Morgan fingerprint density at radius 3 is 1.81 bits per heavy atom. The molecule has 0 radical (unpaired) electrons. The maximum atomic E-state index is 13.5. The summed E-state index contributed by atoms with van der Waals surface area (Å²) in [5.41, 5.74) is 0.0912. The summed E-state index contributed by atoms with van der Waals surface area (Å²) in [6.07, 6.45) is -7.35. The molecule has 0 nitrogen and oxygen atoms in total. The van der Waals surface area contributed by atoms with Crippen molar-refractivity contribution in [1.29, 1.82) is 0 Å². The van der Waals surface area contributed by atoms with Crippen molar-refractivity contribution in [3.8, 4) is 11.1 Å². The Hall–Kier alpha value is -0.777. The number of hydrogen-bond donors (Lipinski definition) is 0. The van der Waals surface area contributed by atoms with Gasteiger partial charge >= 0.3 is 199 Å². The van der Waals surface area contributed by atoms with E-state index in [1.54, 1.807) is 6.07 Å². The second-order valence-corrected chi connectivity index (χ2v) is 17.6. The van der Waals surface area contributed by atoms with Crippen LogP contribution in [0, 0.1) is 0 Å². The van der Waals surface area contributed by atoms with Gasteiger partial charge in [-0.05, 0) is 0 Å². The SMILES string of the molecule is CCC1=Cc2c(ccc(C(C)(C)C)c2-c2cc(C(F)(F)F)cc(C(F)(F)F)c2)[CH]1[Zr]([Cl])[Cl]. The predicted octanol–water partition coefficient (Wildman–Crippen LogP) is 9.46. The molecule has 0 saturated carbocycles. The van der Waals surface area contributed by atoms with Gasteiger partial charge in [0.2, 0.25) is 0 Å². The fourth-order valence-electron chi connectivity index (χ4n) is 4.11. The molecule has 3 rings (SSSR count). The number of allylic oxidation sites excluding steroid dienone is 1. The van der Waals surface area contributed by atoms with E-state index < -0.39 is 48.3 Å². The third-order valence-electron chi connectivity index (χ3n) is 5.60. The summed E-state index contributed by atoms with van der Waals surface area (Å²) in [5.74, 6) is 0. The predicted molar refractivity (Wildman–Crippen MR) is 113 cm³/mol. The van der Waals surface area contributed by atoms with Crippen molar-refractivity contribution >= 4 is 23.1 Å². The van der Waals surface area contributed by atoms with Gasteiger partial charge in [0, 0.05) is 0 Å². The van der Waals surface area contributed by atoms with Crippen molar-refractivity contribution in [2.75, 3.05) is 0 Å². The van der Waals surface area contributed by atoms with Crippen molar-refractivity contribution in [2.24, 2.45) is 0 Å². The van der Waals surface area contributed by atoms with Gasteiger partial charge in [0.15, 0.2) is 0 Å². The van der Waals surface area contributed by atoms with Gasteiger partial charge < -0.3 is 0 Å². The number of rotatable bonds is 3.